The Hall–Kier alpha value is 0. The van der Waals surface area contributed by atoms with Crippen LogP contribution in [0.1, 0.15) is 58.8 Å². The van der Waals surface area contributed by atoms with Gasteiger partial charge in [0.15, 0.2) is 0 Å². The Morgan fingerprint density at radius 2 is 1.75 bits per heavy atom. The second kappa shape index (κ2) is 3.05. The molecule has 0 heteroatoms. The molecule has 2 aliphatic carbocycles. The number of hydrogen-bond donors (Lipinski definition) is 0. The average Bonchev–Trinajstić information content (AvgIpc) is 2.09. The average molecular weight is 166 g/mol. The first-order valence-corrected chi connectivity index (χ1v) is 5.66. The molecule has 0 amide bonds. The van der Waals surface area contributed by atoms with Crippen LogP contribution in [0.15, 0.2) is 0 Å². The van der Waals surface area contributed by atoms with Crippen LogP contribution in [0, 0.1) is 17.3 Å². The quantitative estimate of drug-likeness (QED) is 0.510. The van der Waals surface area contributed by atoms with Gasteiger partial charge in [-0.15, -0.1) is 0 Å². The molecule has 0 aromatic carbocycles. The van der Waals surface area contributed by atoms with E-state index in [9.17, 15) is 0 Å². The monoisotopic (exact) mass is 166 g/mol. The molecule has 0 saturated heterocycles. The van der Waals surface area contributed by atoms with Crippen molar-refractivity contribution >= 4 is 0 Å². The fourth-order valence-corrected chi connectivity index (χ4v) is 3.33. The van der Waals surface area contributed by atoms with Crippen molar-refractivity contribution in [3.63, 3.8) is 0 Å². The molecule has 0 aromatic heterocycles. The highest BCUT2D eigenvalue weighted by Gasteiger charge is 2.32. The summed E-state index contributed by atoms with van der Waals surface area (Å²) in [6, 6.07) is 0. The molecule has 0 aromatic rings. The van der Waals surface area contributed by atoms with Gasteiger partial charge in [-0.05, 0) is 42.9 Å². The summed E-state index contributed by atoms with van der Waals surface area (Å²) < 4.78 is 0. The van der Waals surface area contributed by atoms with Crippen LogP contribution in [0.2, 0.25) is 0 Å². The molecule has 0 nitrogen and oxygen atoms in total. The Labute approximate surface area is 76.7 Å². The summed E-state index contributed by atoms with van der Waals surface area (Å²) in [7, 11) is 0. The van der Waals surface area contributed by atoms with Crippen molar-refractivity contribution in [2.24, 2.45) is 17.3 Å². The zero-order chi connectivity index (χ0) is 8.60. The van der Waals surface area contributed by atoms with E-state index in [1.54, 1.807) is 6.42 Å². The van der Waals surface area contributed by atoms with Crippen LogP contribution < -0.4 is 0 Å². The van der Waals surface area contributed by atoms with Crippen LogP contribution in [-0.4, -0.2) is 0 Å². The molecule has 0 heterocycles. The Bertz CT molecular complexity index is 157. The first kappa shape index (κ1) is 8.59. The first-order valence-electron chi connectivity index (χ1n) is 5.66. The highest BCUT2D eigenvalue weighted by atomic mass is 14.4. The normalized spacial score (nSPS) is 40.5. The molecule has 12 heavy (non-hydrogen) atoms. The summed E-state index contributed by atoms with van der Waals surface area (Å²) in [5, 5.41) is 0. The lowest BCUT2D eigenvalue weighted by Gasteiger charge is -2.28. The summed E-state index contributed by atoms with van der Waals surface area (Å²) >= 11 is 0. The van der Waals surface area contributed by atoms with Gasteiger partial charge < -0.3 is 0 Å². The van der Waals surface area contributed by atoms with Crippen LogP contribution in [0.5, 0.6) is 0 Å². The molecule has 2 fully saturated rings. The fourth-order valence-electron chi connectivity index (χ4n) is 3.33. The number of hydrogen-bond acceptors (Lipinski definition) is 0. The minimum atomic E-state index is 0.657. The molecule has 2 unspecified atom stereocenters. The van der Waals surface area contributed by atoms with Gasteiger partial charge in [-0.1, -0.05) is 33.1 Å². The maximum atomic E-state index is 2.47. The molecule has 0 N–H and O–H groups in total. The zero-order valence-electron chi connectivity index (χ0n) is 8.60. The van der Waals surface area contributed by atoms with Crippen LogP contribution >= 0.6 is 0 Å². The summed E-state index contributed by atoms with van der Waals surface area (Å²) in [4.78, 5) is 0. The highest BCUT2D eigenvalue weighted by Crippen LogP contribution is 2.45. The molecule has 0 aliphatic heterocycles. The van der Waals surface area contributed by atoms with Crippen molar-refractivity contribution in [1.29, 1.82) is 0 Å². The molecule has 0 spiro atoms. The van der Waals surface area contributed by atoms with Gasteiger partial charge in [-0.2, -0.15) is 0 Å². The van der Waals surface area contributed by atoms with E-state index in [0.29, 0.717) is 5.41 Å². The summed E-state index contributed by atoms with van der Waals surface area (Å²) in [6.45, 7) is 4.93. The molecular weight excluding hydrogens is 144 g/mol. The van der Waals surface area contributed by atoms with Gasteiger partial charge in [0.05, 0.1) is 0 Å². The third kappa shape index (κ3) is 1.84. The van der Waals surface area contributed by atoms with E-state index >= 15 is 0 Å². The van der Waals surface area contributed by atoms with Gasteiger partial charge in [0.1, 0.15) is 0 Å². The van der Waals surface area contributed by atoms with E-state index in [1.165, 1.54) is 38.5 Å². The standard InChI is InChI=1S/C12H22/c1-12(2)7-6-10-4-3-5-11(8-10)9-12/h10-11H,3-9H2,1-2H3. The van der Waals surface area contributed by atoms with Crippen molar-refractivity contribution in [3.05, 3.63) is 0 Å². The van der Waals surface area contributed by atoms with Gasteiger partial charge in [0.25, 0.3) is 0 Å². The highest BCUT2D eigenvalue weighted by molar-refractivity contribution is 4.84. The van der Waals surface area contributed by atoms with E-state index < -0.39 is 0 Å². The van der Waals surface area contributed by atoms with E-state index in [1.807, 2.05) is 0 Å². The van der Waals surface area contributed by atoms with E-state index in [-0.39, 0.29) is 0 Å². The predicted molar refractivity (Wildman–Crippen MR) is 53.1 cm³/mol. The summed E-state index contributed by atoms with van der Waals surface area (Å²) in [6.07, 6.45) is 10.6. The van der Waals surface area contributed by atoms with Crippen LogP contribution in [-0.2, 0) is 0 Å². The largest absolute Gasteiger partial charge is 0.0599 e. The maximum absolute atomic E-state index is 2.47. The van der Waals surface area contributed by atoms with Gasteiger partial charge in [0.2, 0.25) is 0 Å². The summed E-state index contributed by atoms with van der Waals surface area (Å²) in [5.41, 5.74) is 0.657. The molecule has 70 valence electrons. The molecule has 2 aliphatic rings. The molecule has 2 bridgehead atoms. The van der Waals surface area contributed by atoms with E-state index in [2.05, 4.69) is 13.8 Å². The second-order valence-electron chi connectivity index (χ2n) is 5.81. The van der Waals surface area contributed by atoms with Crippen LogP contribution in [0.3, 0.4) is 0 Å². The van der Waals surface area contributed by atoms with Gasteiger partial charge >= 0.3 is 0 Å². The number of fused-ring (bicyclic) bond motifs is 2. The maximum Gasteiger partial charge on any atom is -0.0351 e. The van der Waals surface area contributed by atoms with Crippen LogP contribution in [0.4, 0.5) is 0 Å². The summed E-state index contributed by atoms with van der Waals surface area (Å²) in [5.74, 6) is 2.19. The van der Waals surface area contributed by atoms with Crippen molar-refractivity contribution in [3.8, 4) is 0 Å². The lowest BCUT2D eigenvalue weighted by molar-refractivity contribution is 0.236. The van der Waals surface area contributed by atoms with Gasteiger partial charge in [-0.3, -0.25) is 0 Å². The predicted octanol–water partition coefficient (Wildman–Crippen LogP) is 4.00. The third-order valence-electron chi connectivity index (χ3n) is 3.96. The van der Waals surface area contributed by atoms with Crippen LogP contribution in [0.25, 0.3) is 0 Å². The Morgan fingerprint density at radius 3 is 2.58 bits per heavy atom. The second-order valence-corrected chi connectivity index (χ2v) is 5.81. The molecule has 2 rings (SSSR count). The smallest absolute Gasteiger partial charge is 0.0351 e. The van der Waals surface area contributed by atoms with E-state index in [4.69, 9.17) is 0 Å². The fraction of sp³-hybridized carbons (Fsp3) is 1.00. The molecule has 0 radical (unpaired) electrons. The Morgan fingerprint density at radius 1 is 1.00 bits per heavy atom. The Kier molecular flexibility index (Phi) is 2.18. The Balaban J connectivity index is 2.05. The number of rotatable bonds is 0. The van der Waals surface area contributed by atoms with Crippen molar-refractivity contribution in [1.82, 2.24) is 0 Å². The van der Waals surface area contributed by atoms with Crippen molar-refractivity contribution < 1.29 is 0 Å². The first-order chi connectivity index (χ1) is 5.66. The third-order valence-corrected chi connectivity index (χ3v) is 3.96. The SMILES string of the molecule is CC1(C)CCC2CCCC(C2)C1. The van der Waals surface area contributed by atoms with Crippen molar-refractivity contribution in [2.75, 3.05) is 0 Å². The minimum Gasteiger partial charge on any atom is -0.0599 e. The lowest BCUT2D eigenvalue weighted by atomic mass is 9.78. The van der Waals surface area contributed by atoms with Gasteiger partial charge in [-0.25, -0.2) is 0 Å². The van der Waals surface area contributed by atoms with Crippen molar-refractivity contribution in [2.45, 2.75) is 58.8 Å². The van der Waals surface area contributed by atoms with Gasteiger partial charge in [0, 0.05) is 0 Å². The minimum absolute atomic E-state index is 0.657. The molecule has 2 saturated carbocycles. The molecule has 2 atom stereocenters. The zero-order valence-corrected chi connectivity index (χ0v) is 8.60. The molecular formula is C12H22. The topological polar surface area (TPSA) is 0 Å². The van der Waals surface area contributed by atoms with E-state index in [0.717, 1.165) is 11.8 Å². The lowest BCUT2D eigenvalue weighted by Crippen LogP contribution is -2.16.